The van der Waals surface area contributed by atoms with Crippen LogP contribution in [0.1, 0.15) is 37.3 Å². The number of nitrogens with one attached hydrogen (secondary N) is 1. The fourth-order valence-corrected chi connectivity index (χ4v) is 3.58. The van der Waals surface area contributed by atoms with Gasteiger partial charge in [-0.05, 0) is 37.0 Å². The van der Waals surface area contributed by atoms with Gasteiger partial charge in [-0.3, -0.25) is 9.59 Å². The van der Waals surface area contributed by atoms with Gasteiger partial charge in [0.2, 0.25) is 11.8 Å². The lowest BCUT2D eigenvalue weighted by Gasteiger charge is -2.31. The van der Waals surface area contributed by atoms with E-state index in [4.69, 9.17) is 23.2 Å². The lowest BCUT2D eigenvalue weighted by Crippen LogP contribution is -2.44. The van der Waals surface area contributed by atoms with Crippen molar-refractivity contribution in [3.63, 3.8) is 0 Å². The van der Waals surface area contributed by atoms with Crippen LogP contribution in [0.3, 0.4) is 0 Å². The summed E-state index contributed by atoms with van der Waals surface area (Å²) >= 11 is 12.1. The fourth-order valence-electron chi connectivity index (χ4n) is 3.27. The van der Waals surface area contributed by atoms with Gasteiger partial charge < -0.3 is 10.2 Å². The minimum atomic E-state index is -0.110. The largest absolute Gasteiger partial charge is 0.355 e. The van der Waals surface area contributed by atoms with Gasteiger partial charge in [0.25, 0.3) is 0 Å². The van der Waals surface area contributed by atoms with Crippen LogP contribution in [0.2, 0.25) is 10.0 Å². The highest BCUT2D eigenvalue weighted by atomic mass is 35.5. The summed E-state index contributed by atoms with van der Waals surface area (Å²) in [4.78, 5) is 25.9. The van der Waals surface area contributed by atoms with Crippen LogP contribution in [0.4, 0.5) is 0 Å². The smallest absolute Gasteiger partial charge is 0.227 e. The van der Waals surface area contributed by atoms with Crippen LogP contribution in [0.15, 0.2) is 18.2 Å². The van der Waals surface area contributed by atoms with Crippen molar-refractivity contribution in [2.75, 3.05) is 13.1 Å². The summed E-state index contributed by atoms with van der Waals surface area (Å²) in [6.45, 7) is 1.20. The van der Waals surface area contributed by atoms with Gasteiger partial charge in [0, 0.05) is 19.5 Å². The highest BCUT2D eigenvalue weighted by Gasteiger charge is 2.35. The van der Waals surface area contributed by atoms with Crippen LogP contribution in [0.25, 0.3) is 0 Å². The second-order valence-corrected chi connectivity index (χ2v) is 6.72. The third-order valence-electron chi connectivity index (χ3n) is 4.48. The molecule has 0 bridgehead atoms. The Morgan fingerprint density at radius 3 is 2.73 bits per heavy atom. The molecule has 2 heterocycles. The zero-order valence-corrected chi connectivity index (χ0v) is 13.7. The number of rotatable bonds is 2. The van der Waals surface area contributed by atoms with Crippen LogP contribution < -0.4 is 5.32 Å². The maximum atomic E-state index is 12.8. The number of hydrogen-bond donors (Lipinski definition) is 1. The second kappa shape index (κ2) is 6.47. The predicted molar refractivity (Wildman–Crippen MR) is 85.9 cm³/mol. The Labute approximate surface area is 139 Å². The van der Waals surface area contributed by atoms with E-state index in [0.717, 1.165) is 24.9 Å². The molecule has 2 saturated heterocycles. The van der Waals surface area contributed by atoms with E-state index in [1.54, 1.807) is 6.07 Å². The molecule has 2 aliphatic rings. The molecule has 2 aliphatic heterocycles. The van der Waals surface area contributed by atoms with E-state index in [-0.39, 0.29) is 23.8 Å². The Morgan fingerprint density at radius 1 is 1.23 bits per heavy atom. The van der Waals surface area contributed by atoms with Gasteiger partial charge in [-0.1, -0.05) is 29.3 Å². The first-order chi connectivity index (χ1) is 10.6. The van der Waals surface area contributed by atoms with Crippen molar-refractivity contribution >= 4 is 35.0 Å². The molecule has 0 aromatic heterocycles. The molecule has 0 saturated carbocycles. The summed E-state index contributed by atoms with van der Waals surface area (Å²) in [6.07, 6.45) is 2.98. The Bertz CT molecular complexity index is 596. The highest BCUT2D eigenvalue weighted by molar-refractivity contribution is 6.42. The van der Waals surface area contributed by atoms with E-state index in [9.17, 15) is 9.59 Å². The summed E-state index contributed by atoms with van der Waals surface area (Å²) in [7, 11) is 0. The van der Waals surface area contributed by atoms with Gasteiger partial charge in [0.15, 0.2) is 0 Å². The first-order valence-corrected chi connectivity index (χ1v) is 8.34. The summed E-state index contributed by atoms with van der Waals surface area (Å²) < 4.78 is 0. The quantitative estimate of drug-likeness (QED) is 0.898. The minimum absolute atomic E-state index is 0.0338. The SMILES string of the molecule is O=C1CCC(C(=O)N2CCCC2c2ccc(Cl)c(Cl)c2)CN1. The third-order valence-corrected chi connectivity index (χ3v) is 5.22. The minimum Gasteiger partial charge on any atom is -0.355 e. The molecular weight excluding hydrogens is 323 g/mol. The molecule has 4 nitrogen and oxygen atoms in total. The van der Waals surface area contributed by atoms with Crippen LogP contribution in [-0.2, 0) is 9.59 Å². The number of carbonyl (C=O) groups is 2. The van der Waals surface area contributed by atoms with E-state index in [1.807, 2.05) is 17.0 Å². The number of halogens is 2. The molecule has 0 radical (unpaired) electrons. The van der Waals surface area contributed by atoms with Gasteiger partial charge in [0.05, 0.1) is 22.0 Å². The summed E-state index contributed by atoms with van der Waals surface area (Å²) in [5.41, 5.74) is 1.03. The molecule has 2 fully saturated rings. The van der Waals surface area contributed by atoms with Crippen molar-refractivity contribution in [3.05, 3.63) is 33.8 Å². The average Bonchev–Trinajstić information content (AvgIpc) is 2.99. The number of amides is 2. The number of carbonyl (C=O) groups excluding carboxylic acids is 2. The Hall–Kier alpha value is -1.26. The predicted octanol–water partition coefficient (Wildman–Crippen LogP) is 3.18. The Morgan fingerprint density at radius 2 is 2.05 bits per heavy atom. The molecule has 3 rings (SSSR count). The molecule has 0 spiro atoms. The Balaban J connectivity index is 1.76. The lowest BCUT2D eigenvalue weighted by atomic mass is 9.96. The standard InChI is InChI=1S/C16H18Cl2N2O2/c17-12-5-3-10(8-13(12)18)14-2-1-7-20(14)16(22)11-4-6-15(21)19-9-11/h3,5,8,11,14H,1-2,4,6-7,9H2,(H,19,21). The molecule has 6 heteroatoms. The lowest BCUT2D eigenvalue weighted by molar-refractivity contribution is -0.138. The summed E-state index contributed by atoms with van der Waals surface area (Å²) in [6, 6.07) is 5.62. The van der Waals surface area contributed by atoms with Crippen molar-refractivity contribution < 1.29 is 9.59 Å². The highest BCUT2D eigenvalue weighted by Crippen LogP contribution is 2.36. The van der Waals surface area contributed by atoms with E-state index in [0.29, 0.717) is 29.4 Å². The van der Waals surface area contributed by atoms with Crippen LogP contribution in [0.5, 0.6) is 0 Å². The first kappa shape index (κ1) is 15.6. The fraction of sp³-hybridized carbons (Fsp3) is 0.500. The summed E-state index contributed by atoms with van der Waals surface area (Å²) in [5, 5.41) is 3.82. The van der Waals surface area contributed by atoms with Crippen LogP contribution >= 0.6 is 23.2 Å². The molecule has 2 unspecified atom stereocenters. The second-order valence-electron chi connectivity index (χ2n) is 5.90. The van der Waals surface area contributed by atoms with E-state index in [2.05, 4.69) is 5.32 Å². The van der Waals surface area contributed by atoms with Crippen molar-refractivity contribution in [3.8, 4) is 0 Å². The zero-order chi connectivity index (χ0) is 15.7. The number of hydrogen-bond acceptors (Lipinski definition) is 2. The number of likely N-dealkylation sites (tertiary alicyclic amines) is 1. The van der Waals surface area contributed by atoms with Crippen molar-refractivity contribution in [1.29, 1.82) is 0 Å². The molecule has 0 aliphatic carbocycles. The van der Waals surface area contributed by atoms with Crippen molar-refractivity contribution in [2.45, 2.75) is 31.7 Å². The maximum Gasteiger partial charge on any atom is 0.227 e. The topological polar surface area (TPSA) is 49.4 Å². The molecule has 118 valence electrons. The number of piperidine rings is 1. The van der Waals surface area contributed by atoms with Gasteiger partial charge in [-0.25, -0.2) is 0 Å². The molecule has 22 heavy (non-hydrogen) atoms. The normalized spacial score (nSPS) is 25.2. The van der Waals surface area contributed by atoms with Gasteiger partial charge in [-0.15, -0.1) is 0 Å². The van der Waals surface area contributed by atoms with Gasteiger partial charge in [0.1, 0.15) is 0 Å². The molecule has 1 aromatic carbocycles. The average molecular weight is 341 g/mol. The molecule has 2 amide bonds. The third kappa shape index (κ3) is 3.08. The molecular formula is C16H18Cl2N2O2. The molecule has 2 atom stereocenters. The van der Waals surface area contributed by atoms with Crippen molar-refractivity contribution in [2.24, 2.45) is 5.92 Å². The van der Waals surface area contributed by atoms with Crippen LogP contribution in [-0.4, -0.2) is 29.8 Å². The van der Waals surface area contributed by atoms with Gasteiger partial charge >= 0.3 is 0 Å². The zero-order valence-electron chi connectivity index (χ0n) is 12.1. The molecule has 1 aromatic rings. The van der Waals surface area contributed by atoms with E-state index < -0.39 is 0 Å². The van der Waals surface area contributed by atoms with E-state index >= 15 is 0 Å². The van der Waals surface area contributed by atoms with Crippen molar-refractivity contribution in [1.82, 2.24) is 10.2 Å². The molecule has 1 N–H and O–H groups in total. The first-order valence-electron chi connectivity index (χ1n) is 7.58. The maximum absolute atomic E-state index is 12.8. The number of benzene rings is 1. The number of nitrogens with zero attached hydrogens (tertiary/aromatic N) is 1. The van der Waals surface area contributed by atoms with Crippen LogP contribution in [0, 0.1) is 5.92 Å². The van der Waals surface area contributed by atoms with E-state index in [1.165, 1.54) is 0 Å². The van der Waals surface area contributed by atoms with Gasteiger partial charge in [-0.2, -0.15) is 0 Å². The Kier molecular flexibility index (Phi) is 4.59. The monoisotopic (exact) mass is 340 g/mol. The summed E-state index contributed by atoms with van der Waals surface area (Å²) in [5.74, 6) is 0.0566.